The molecule has 0 unspecified atom stereocenters. The standard InChI is InChI=1S/C8H10BrN3/c9-7-5-11-8(6-10-7)12-3-1-2-4-12/h5-6H,1-4H2/i1D2,2D2,3D2,4D2,5D,6D. The van der Waals surface area contributed by atoms with E-state index in [4.69, 9.17) is 13.7 Å². The number of rotatable bonds is 1. The summed E-state index contributed by atoms with van der Waals surface area (Å²) in [5.74, 6) is -0.742. The maximum Gasteiger partial charge on any atom is 0.147 e. The van der Waals surface area contributed by atoms with Gasteiger partial charge in [0.2, 0.25) is 0 Å². The fourth-order valence-corrected chi connectivity index (χ4v) is 0.827. The summed E-state index contributed by atoms with van der Waals surface area (Å²) in [6, 6.07) is 0. The molecule has 0 radical (unpaired) electrons. The zero-order valence-corrected chi connectivity index (χ0v) is 7.31. The summed E-state index contributed by atoms with van der Waals surface area (Å²) in [6.45, 7) is -6.30. The molecule has 1 aromatic heterocycles. The molecule has 1 aliphatic heterocycles. The molecule has 0 aliphatic carbocycles. The lowest BCUT2D eigenvalue weighted by molar-refractivity contribution is 0.923. The van der Waals surface area contributed by atoms with Crippen LogP contribution in [0.2, 0.25) is 0 Å². The predicted octanol–water partition coefficient (Wildman–Crippen LogP) is 1.84. The number of halogens is 1. The van der Waals surface area contributed by atoms with Gasteiger partial charge in [-0.1, -0.05) is 0 Å². The molecule has 0 N–H and O–H groups in total. The first kappa shape index (κ1) is 2.44. The van der Waals surface area contributed by atoms with Crippen molar-refractivity contribution in [3.63, 3.8) is 0 Å². The fourth-order valence-electron chi connectivity index (χ4n) is 0.650. The molecule has 12 heavy (non-hydrogen) atoms. The van der Waals surface area contributed by atoms with Gasteiger partial charge in [0.15, 0.2) is 0 Å². The first-order valence-electron chi connectivity index (χ1n) is 8.00. The molecule has 64 valence electrons. The van der Waals surface area contributed by atoms with Crippen LogP contribution >= 0.6 is 15.9 Å². The van der Waals surface area contributed by atoms with Crippen LogP contribution < -0.4 is 4.90 Å². The Hall–Kier alpha value is -0.640. The van der Waals surface area contributed by atoms with Crippen molar-refractivity contribution < 1.29 is 13.7 Å². The summed E-state index contributed by atoms with van der Waals surface area (Å²) in [6.07, 6.45) is -7.67. The van der Waals surface area contributed by atoms with Crippen LogP contribution in [0.4, 0.5) is 5.82 Å². The van der Waals surface area contributed by atoms with Crippen LogP contribution in [-0.2, 0) is 0 Å². The average Bonchev–Trinajstić information content (AvgIpc) is 2.40. The molecular weight excluding hydrogens is 218 g/mol. The number of anilines is 1. The zero-order chi connectivity index (χ0) is 17.3. The third-order valence-corrected chi connectivity index (χ3v) is 1.47. The van der Waals surface area contributed by atoms with E-state index in [0.29, 0.717) is 0 Å². The van der Waals surface area contributed by atoms with Gasteiger partial charge in [0.1, 0.15) is 10.4 Å². The van der Waals surface area contributed by atoms with Crippen molar-refractivity contribution in [2.75, 3.05) is 17.9 Å². The fraction of sp³-hybridized carbons (Fsp3) is 0.500. The van der Waals surface area contributed by atoms with Crippen molar-refractivity contribution in [2.45, 2.75) is 12.7 Å². The van der Waals surface area contributed by atoms with Gasteiger partial charge in [-0.2, -0.15) is 0 Å². The Morgan fingerprint density at radius 1 is 1.42 bits per heavy atom. The summed E-state index contributed by atoms with van der Waals surface area (Å²) >= 11 is 2.86. The summed E-state index contributed by atoms with van der Waals surface area (Å²) in [4.78, 5) is 7.23. The van der Waals surface area contributed by atoms with Gasteiger partial charge in [0, 0.05) is 24.0 Å². The Bertz CT molecular complexity index is 607. The molecule has 0 saturated carbocycles. The smallest absolute Gasteiger partial charge is 0.147 e. The van der Waals surface area contributed by atoms with Crippen molar-refractivity contribution in [3.05, 3.63) is 16.9 Å². The minimum absolute atomic E-state index is 0.111. The first-order chi connectivity index (χ1) is 9.69. The van der Waals surface area contributed by atoms with Crippen molar-refractivity contribution >= 4 is 21.7 Å². The maximum atomic E-state index is 7.83. The zero-order valence-electron chi connectivity index (χ0n) is 15.7. The Morgan fingerprint density at radius 2 is 2.17 bits per heavy atom. The van der Waals surface area contributed by atoms with Gasteiger partial charge >= 0.3 is 0 Å². The summed E-state index contributed by atoms with van der Waals surface area (Å²) in [5, 5.41) is 0. The summed E-state index contributed by atoms with van der Waals surface area (Å²) in [5.41, 5.74) is 0. The molecule has 2 heterocycles. The minimum atomic E-state index is -3.23. The van der Waals surface area contributed by atoms with Gasteiger partial charge in [-0.15, -0.1) is 0 Å². The Morgan fingerprint density at radius 3 is 2.92 bits per heavy atom. The predicted molar refractivity (Wildman–Crippen MR) is 51.2 cm³/mol. The maximum absolute atomic E-state index is 7.83. The number of hydrogen-bond donors (Lipinski definition) is 0. The second kappa shape index (κ2) is 3.39. The van der Waals surface area contributed by atoms with Crippen LogP contribution in [-0.4, -0.2) is 23.0 Å². The number of aromatic nitrogens is 2. The van der Waals surface area contributed by atoms with Crippen molar-refractivity contribution in [2.24, 2.45) is 0 Å². The molecule has 3 nitrogen and oxygen atoms in total. The Labute approximate surface area is 94.0 Å². The third kappa shape index (κ3) is 1.58. The Kier molecular flexibility index (Phi) is 0.689. The Balaban J connectivity index is 2.77. The van der Waals surface area contributed by atoms with E-state index in [1.165, 1.54) is 0 Å². The largest absolute Gasteiger partial charge is 0.355 e. The molecule has 1 aliphatic rings. The van der Waals surface area contributed by atoms with E-state index in [1.54, 1.807) is 0 Å². The van der Waals surface area contributed by atoms with Crippen LogP contribution in [0.25, 0.3) is 0 Å². The van der Waals surface area contributed by atoms with Gasteiger partial charge in [-0.05, 0) is 28.7 Å². The van der Waals surface area contributed by atoms with Gasteiger partial charge in [0.05, 0.1) is 15.1 Å². The van der Waals surface area contributed by atoms with E-state index in [0.717, 1.165) is 0 Å². The van der Waals surface area contributed by atoms with Crippen LogP contribution in [0.1, 0.15) is 26.5 Å². The molecule has 0 aromatic carbocycles. The summed E-state index contributed by atoms with van der Waals surface area (Å²) < 4.78 is 77.0. The number of hydrogen-bond acceptors (Lipinski definition) is 3. The highest BCUT2D eigenvalue weighted by Crippen LogP contribution is 2.16. The molecule has 0 atom stereocenters. The molecule has 0 amide bonds. The molecule has 1 saturated heterocycles. The SMILES string of the molecule is [2H]c1nc(N2C([2H])([2H])C([2H])([2H])C([2H])([2H])C2([2H])[2H])c([2H])nc1Br. The minimum Gasteiger partial charge on any atom is -0.355 e. The second-order valence-corrected chi connectivity index (χ2v) is 2.62. The first-order valence-corrected chi connectivity index (χ1v) is 3.80. The van der Waals surface area contributed by atoms with E-state index >= 15 is 0 Å². The number of nitrogens with zero attached hydrogens (tertiary/aromatic N) is 3. The summed E-state index contributed by atoms with van der Waals surface area (Å²) in [7, 11) is 0. The third-order valence-electron chi connectivity index (χ3n) is 1.12. The van der Waals surface area contributed by atoms with E-state index in [9.17, 15) is 0 Å². The molecule has 1 aromatic rings. The molecule has 0 spiro atoms. The van der Waals surface area contributed by atoms with Crippen LogP contribution in [0.3, 0.4) is 0 Å². The van der Waals surface area contributed by atoms with Crippen LogP contribution in [0.5, 0.6) is 0 Å². The van der Waals surface area contributed by atoms with Gasteiger partial charge in [-0.25, -0.2) is 9.97 Å². The lowest BCUT2D eigenvalue weighted by atomic mass is 10.4. The second-order valence-electron chi connectivity index (χ2n) is 1.87. The van der Waals surface area contributed by atoms with Crippen LogP contribution in [0.15, 0.2) is 16.9 Å². The average molecular weight is 238 g/mol. The van der Waals surface area contributed by atoms with Gasteiger partial charge < -0.3 is 4.90 Å². The van der Waals surface area contributed by atoms with Crippen molar-refractivity contribution in [3.8, 4) is 0 Å². The molecule has 1 fully saturated rings. The highest BCUT2D eigenvalue weighted by atomic mass is 79.9. The topological polar surface area (TPSA) is 29.0 Å². The molecule has 0 bridgehead atoms. The molecule has 4 heteroatoms. The molecular formula is C8H10BrN3. The monoisotopic (exact) mass is 237 g/mol. The lowest BCUT2D eigenvalue weighted by Gasteiger charge is -2.14. The van der Waals surface area contributed by atoms with Gasteiger partial charge in [-0.3, -0.25) is 0 Å². The normalized spacial score (nSPS) is 45.9. The quantitative estimate of drug-likeness (QED) is 0.747. The van der Waals surface area contributed by atoms with E-state index < -0.39 is 43.9 Å². The lowest BCUT2D eigenvalue weighted by Crippen LogP contribution is -2.18. The van der Waals surface area contributed by atoms with Crippen molar-refractivity contribution in [1.82, 2.24) is 9.97 Å². The van der Waals surface area contributed by atoms with Crippen molar-refractivity contribution in [1.29, 1.82) is 0 Å². The van der Waals surface area contributed by atoms with Crippen LogP contribution in [0, 0.1) is 0 Å². The highest BCUT2D eigenvalue weighted by molar-refractivity contribution is 9.10. The molecule has 2 rings (SSSR count). The highest BCUT2D eigenvalue weighted by Gasteiger charge is 2.12. The van der Waals surface area contributed by atoms with E-state index in [-0.39, 0.29) is 9.50 Å². The van der Waals surface area contributed by atoms with E-state index in [2.05, 4.69) is 25.9 Å². The van der Waals surface area contributed by atoms with Gasteiger partial charge in [0.25, 0.3) is 0 Å². The van der Waals surface area contributed by atoms with E-state index in [1.807, 2.05) is 0 Å².